The van der Waals surface area contributed by atoms with Gasteiger partial charge in [0.05, 0.1) is 25.3 Å². The number of methoxy groups -OCH3 is 1. The summed E-state index contributed by atoms with van der Waals surface area (Å²) in [7, 11) is 1.72. The third kappa shape index (κ3) is 3.57. The summed E-state index contributed by atoms with van der Waals surface area (Å²) in [6.07, 6.45) is 4.54. The molecule has 3 rings (SSSR count). The third-order valence-corrected chi connectivity index (χ3v) is 5.12. The fourth-order valence-electron chi connectivity index (χ4n) is 3.86. The minimum absolute atomic E-state index is 0.0918. The highest BCUT2D eigenvalue weighted by Crippen LogP contribution is 2.44. The molecule has 1 fully saturated rings. The second-order valence-corrected chi connectivity index (χ2v) is 6.77. The molecule has 1 aliphatic carbocycles. The molecule has 0 radical (unpaired) electrons. The van der Waals surface area contributed by atoms with Crippen LogP contribution in [-0.4, -0.2) is 32.7 Å². The Morgan fingerprint density at radius 1 is 1.52 bits per heavy atom. The number of nitriles is 1. The van der Waals surface area contributed by atoms with Crippen LogP contribution < -0.4 is 20.3 Å². The number of nitrogens with zero attached hydrogens (tertiary/aromatic N) is 2. The molecule has 6 nitrogen and oxygen atoms in total. The summed E-state index contributed by atoms with van der Waals surface area (Å²) in [5, 5.41) is 15.3. The van der Waals surface area contributed by atoms with E-state index < -0.39 is 0 Å². The van der Waals surface area contributed by atoms with E-state index in [4.69, 9.17) is 10.00 Å². The Hall–Kier alpha value is -2.26. The van der Waals surface area contributed by atoms with Gasteiger partial charge in [-0.3, -0.25) is 4.79 Å². The molecule has 1 atom stereocenters. The fourth-order valence-corrected chi connectivity index (χ4v) is 3.86. The topological polar surface area (TPSA) is 77.4 Å². The maximum Gasteiger partial charge on any atom is 0.207 e. The van der Waals surface area contributed by atoms with Crippen LogP contribution in [-0.2, 0) is 11.3 Å². The monoisotopic (exact) mass is 342 g/mol. The van der Waals surface area contributed by atoms with Crippen molar-refractivity contribution in [3.8, 4) is 11.8 Å². The number of amides is 1. The van der Waals surface area contributed by atoms with Gasteiger partial charge < -0.3 is 20.3 Å². The molecule has 1 aromatic carbocycles. The lowest BCUT2D eigenvalue weighted by molar-refractivity contribution is -0.109. The van der Waals surface area contributed by atoms with E-state index in [1.165, 1.54) is 24.0 Å². The highest BCUT2D eigenvalue weighted by atomic mass is 16.5. The fraction of sp³-hybridized carbons (Fsp3) is 0.579. The Morgan fingerprint density at radius 3 is 2.96 bits per heavy atom. The minimum atomic E-state index is 0.0918. The van der Waals surface area contributed by atoms with Gasteiger partial charge in [-0.2, -0.15) is 5.26 Å². The van der Waals surface area contributed by atoms with Crippen molar-refractivity contribution < 1.29 is 9.53 Å². The average Bonchev–Trinajstić information content (AvgIpc) is 3.36. The van der Waals surface area contributed by atoms with E-state index in [0.717, 1.165) is 42.9 Å². The van der Waals surface area contributed by atoms with Crippen LogP contribution in [0.25, 0.3) is 0 Å². The number of hydrogen-bond acceptors (Lipinski definition) is 5. The van der Waals surface area contributed by atoms with E-state index in [-0.39, 0.29) is 6.04 Å². The predicted octanol–water partition coefficient (Wildman–Crippen LogP) is 2.17. The van der Waals surface area contributed by atoms with Crippen LogP contribution in [0.5, 0.6) is 5.75 Å². The number of benzene rings is 1. The Balaban J connectivity index is 1.91. The molecule has 0 aromatic heterocycles. The molecule has 1 saturated carbocycles. The highest BCUT2D eigenvalue weighted by Gasteiger charge is 2.34. The number of ether oxygens (including phenoxy) is 1. The molecule has 0 saturated heterocycles. The van der Waals surface area contributed by atoms with Crippen molar-refractivity contribution in [2.75, 3.05) is 25.1 Å². The molecule has 2 aliphatic rings. The molecular weight excluding hydrogens is 316 g/mol. The molecule has 1 aromatic rings. The Bertz CT molecular complexity index is 679. The zero-order valence-electron chi connectivity index (χ0n) is 15.0. The van der Waals surface area contributed by atoms with E-state index in [2.05, 4.69) is 34.6 Å². The lowest BCUT2D eigenvalue weighted by atomic mass is 9.95. The predicted molar refractivity (Wildman–Crippen MR) is 96.6 cm³/mol. The van der Waals surface area contributed by atoms with Crippen molar-refractivity contribution >= 4 is 12.1 Å². The smallest absolute Gasteiger partial charge is 0.207 e. The van der Waals surface area contributed by atoms with Gasteiger partial charge in [-0.1, -0.05) is 0 Å². The van der Waals surface area contributed by atoms with Crippen molar-refractivity contribution in [1.29, 1.82) is 5.26 Å². The average molecular weight is 342 g/mol. The molecule has 6 heteroatoms. The third-order valence-electron chi connectivity index (χ3n) is 5.12. The molecule has 0 bridgehead atoms. The number of hydrogen-bond donors (Lipinski definition) is 2. The van der Waals surface area contributed by atoms with E-state index in [1.807, 2.05) is 0 Å². The van der Waals surface area contributed by atoms with Gasteiger partial charge >= 0.3 is 0 Å². The number of fused-ring (bicyclic) bond motifs is 1. The van der Waals surface area contributed by atoms with Crippen LogP contribution in [0.4, 0.5) is 5.69 Å². The lowest BCUT2D eigenvalue weighted by Crippen LogP contribution is -2.30. The number of anilines is 1. The summed E-state index contributed by atoms with van der Waals surface area (Å²) >= 11 is 0. The van der Waals surface area contributed by atoms with E-state index in [1.54, 1.807) is 7.11 Å². The molecule has 2 N–H and O–H groups in total. The zero-order chi connectivity index (χ0) is 17.8. The Kier molecular flexibility index (Phi) is 5.44. The largest absolute Gasteiger partial charge is 0.494 e. The van der Waals surface area contributed by atoms with Gasteiger partial charge in [0, 0.05) is 31.7 Å². The normalized spacial score (nSPS) is 18.4. The first kappa shape index (κ1) is 17.6. The van der Waals surface area contributed by atoms with E-state index >= 15 is 0 Å². The number of carbonyl (C=O) groups is 1. The standard InChI is InChI=1S/C19H26N4O2/c1-13-18-14(11-22-16(18)6-7-20)10-17(19(13)25-2)23(15-4-5-15)9-3-8-21-12-24/h10,12,15-16,22H,3-6,8-9,11H2,1-2H3,(H,21,24). The van der Waals surface area contributed by atoms with Gasteiger partial charge in [0.15, 0.2) is 0 Å². The van der Waals surface area contributed by atoms with Crippen molar-refractivity contribution in [1.82, 2.24) is 10.6 Å². The van der Waals surface area contributed by atoms with E-state index in [0.29, 0.717) is 19.0 Å². The minimum Gasteiger partial charge on any atom is -0.494 e. The highest BCUT2D eigenvalue weighted by molar-refractivity contribution is 5.68. The van der Waals surface area contributed by atoms with Crippen molar-refractivity contribution in [3.63, 3.8) is 0 Å². The first-order valence-electron chi connectivity index (χ1n) is 8.95. The molecular formula is C19H26N4O2. The van der Waals surface area contributed by atoms with Crippen LogP contribution >= 0.6 is 0 Å². The summed E-state index contributed by atoms with van der Waals surface area (Å²) < 4.78 is 5.79. The second kappa shape index (κ2) is 7.75. The van der Waals surface area contributed by atoms with Crippen molar-refractivity contribution in [2.45, 2.75) is 51.2 Å². The van der Waals surface area contributed by atoms with Gasteiger partial charge in [-0.15, -0.1) is 0 Å². The maximum atomic E-state index is 10.4. The summed E-state index contributed by atoms with van der Waals surface area (Å²) in [4.78, 5) is 12.9. The Labute approximate surface area is 149 Å². The SMILES string of the molecule is COc1c(N(CCCNC=O)C2CC2)cc2c(c1C)C(CC#N)NC2. The number of carbonyl (C=O) groups excluding carboxylic acids is 1. The zero-order valence-corrected chi connectivity index (χ0v) is 15.0. The lowest BCUT2D eigenvalue weighted by Gasteiger charge is -2.29. The first-order valence-corrected chi connectivity index (χ1v) is 8.95. The van der Waals surface area contributed by atoms with Gasteiger partial charge in [-0.25, -0.2) is 0 Å². The van der Waals surface area contributed by atoms with Crippen LogP contribution in [0.15, 0.2) is 6.07 Å². The van der Waals surface area contributed by atoms with Gasteiger partial charge in [0.25, 0.3) is 0 Å². The molecule has 1 heterocycles. The summed E-state index contributed by atoms with van der Waals surface area (Å²) in [5.41, 5.74) is 4.77. The van der Waals surface area contributed by atoms with Crippen LogP contribution in [0.3, 0.4) is 0 Å². The second-order valence-electron chi connectivity index (χ2n) is 6.77. The van der Waals surface area contributed by atoms with E-state index in [9.17, 15) is 4.79 Å². The van der Waals surface area contributed by atoms with Crippen LogP contribution in [0.2, 0.25) is 0 Å². The van der Waals surface area contributed by atoms with Crippen molar-refractivity contribution in [3.05, 3.63) is 22.8 Å². The quantitative estimate of drug-likeness (QED) is 0.531. The van der Waals surface area contributed by atoms with Crippen molar-refractivity contribution in [2.24, 2.45) is 0 Å². The molecule has 25 heavy (non-hydrogen) atoms. The molecule has 1 unspecified atom stereocenters. The summed E-state index contributed by atoms with van der Waals surface area (Å²) in [5.74, 6) is 0.917. The van der Waals surface area contributed by atoms with Crippen LogP contribution in [0.1, 0.15) is 48.4 Å². The Morgan fingerprint density at radius 2 is 2.32 bits per heavy atom. The van der Waals surface area contributed by atoms with Gasteiger partial charge in [-0.05, 0) is 48.9 Å². The van der Waals surface area contributed by atoms with Gasteiger partial charge in [0.1, 0.15) is 5.75 Å². The number of rotatable bonds is 9. The number of nitrogens with one attached hydrogen (secondary N) is 2. The summed E-state index contributed by atoms with van der Waals surface area (Å²) in [6.45, 7) is 4.47. The maximum absolute atomic E-state index is 10.4. The molecule has 1 amide bonds. The molecule has 1 aliphatic heterocycles. The van der Waals surface area contributed by atoms with Gasteiger partial charge in [0.2, 0.25) is 6.41 Å². The molecule has 0 spiro atoms. The first-order chi connectivity index (χ1) is 12.2. The van der Waals surface area contributed by atoms with Crippen LogP contribution in [0, 0.1) is 18.3 Å². The summed E-state index contributed by atoms with van der Waals surface area (Å²) in [6, 6.07) is 5.16. The molecule has 134 valence electrons.